The molecule has 5 rings (SSSR count). The zero-order valence-corrected chi connectivity index (χ0v) is 16.5. The lowest BCUT2D eigenvalue weighted by molar-refractivity contribution is 0.0996. The van der Waals surface area contributed by atoms with Gasteiger partial charge in [0, 0.05) is 35.3 Å². The van der Waals surface area contributed by atoms with Gasteiger partial charge in [-0.2, -0.15) is 4.39 Å². The summed E-state index contributed by atoms with van der Waals surface area (Å²) in [6.07, 6.45) is 4.44. The van der Waals surface area contributed by atoms with Crippen LogP contribution in [0.15, 0.2) is 71.6 Å². The van der Waals surface area contributed by atoms with Gasteiger partial charge in [0.2, 0.25) is 5.95 Å². The van der Waals surface area contributed by atoms with Gasteiger partial charge >= 0.3 is 0 Å². The second-order valence-electron chi connectivity index (χ2n) is 6.67. The number of benzene rings is 1. The fourth-order valence-electron chi connectivity index (χ4n) is 3.15. The first-order valence-electron chi connectivity index (χ1n) is 9.19. The van der Waals surface area contributed by atoms with Gasteiger partial charge in [0.1, 0.15) is 5.82 Å². The molecule has 31 heavy (non-hydrogen) atoms. The van der Waals surface area contributed by atoms with Gasteiger partial charge in [-0.15, -0.1) is 0 Å². The number of carbonyl (C=O) groups is 1. The van der Waals surface area contributed by atoms with E-state index in [4.69, 9.17) is 16.0 Å². The first-order chi connectivity index (χ1) is 15.1. The van der Waals surface area contributed by atoms with Gasteiger partial charge in [0.25, 0.3) is 5.91 Å². The molecule has 5 aromatic rings. The van der Waals surface area contributed by atoms with Crippen LogP contribution >= 0.6 is 11.6 Å². The molecule has 4 heterocycles. The molecule has 9 heteroatoms. The fourth-order valence-corrected chi connectivity index (χ4v) is 3.36. The van der Waals surface area contributed by atoms with Crippen LogP contribution in [0, 0.1) is 5.95 Å². The first kappa shape index (κ1) is 19.0. The summed E-state index contributed by atoms with van der Waals surface area (Å²) in [5.41, 5.74) is 3.63. The lowest BCUT2D eigenvalue weighted by Gasteiger charge is -2.07. The summed E-state index contributed by atoms with van der Waals surface area (Å²) in [5.74, 6) is -0.258. The summed E-state index contributed by atoms with van der Waals surface area (Å²) < 4.78 is 18.6. The Bertz CT molecular complexity index is 1410. The Morgan fingerprint density at radius 2 is 2.00 bits per heavy atom. The van der Waals surface area contributed by atoms with Gasteiger partial charge in [0.15, 0.2) is 11.4 Å². The van der Waals surface area contributed by atoms with Gasteiger partial charge < -0.3 is 14.7 Å². The van der Waals surface area contributed by atoms with E-state index in [1.54, 1.807) is 42.6 Å². The molecule has 0 saturated heterocycles. The topological polar surface area (TPSA) is 96.7 Å². The van der Waals surface area contributed by atoms with Crippen LogP contribution in [-0.4, -0.2) is 25.8 Å². The number of imidazole rings is 1. The van der Waals surface area contributed by atoms with Gasteiger partial charge in [0.05, 0.1) is 16.8 Å². The van der Waals surface area contributed by atoms with Crippen LogP contribution in [0.2, 0.25) is 5.02 Å². The smallest absolute Gasteiger partial charge is 0.291 e. The molecule has 152 valence electrons. The number of pyridine rings is 2. The number of fused-ring (bicyclic) bond motifs is 1. The molecule has 0 unspecified atom stereocenters. The Morgan fingerprint density at radius 3 is 2.81 bits per heavy atom. The predicted molar refractivity (Wildman–Crippen MR) is 114 cm³/mol. The Hall–Kier alpha value is -4.04. The summed E-state index contributed by atoms with van der Waals surface area (Å²) in [4.78, 5) is 27.9. The van der Waals surface area contributed by atoms with Crippen molar-refractivity contribution in [2.75, 3.05) is 5.32 Å². The second-order valence-corrected chi connectivity index (χ2v) is 7.08. The van der Waals surface area contributed by atoms with Crippen molar-refractivity contribution in [2.24, 2.45) is 0 Å². The number of nitrogens with zero attached hydrogens (tertiary/aromatic N) is 3. The van der Waals surface area contributed by atoms with Crippen LogP contribution in [0.1, 0.15) is 10.6 Å². The molecule has 0 saturated carbocycles. The molecule has 1 amide bonds. The molecule has 0 bridgehead atoms. The van der Waals surface area contributed by atoms with E-state index in [0.29, 0.717) is 38.8 Å². The Kier molecular flexibility index (Phi) is 4.68. The molecular formula is C22H13ClFN5O2. The van der Waals surface area contributed by atoms with E-state index in [-0.39, 0.29) is 11.7 Å². The largest absolute Gasteiger partial charge is 0.459 e. The average Bonchev–Trinajstić information content (AvgIpc) is 3.44. The Balaban J connectivity index is 1.49. The molecule has 2 N–H and O–H groups in total. The maximum absolute atomic E-state index is 13.5. The number of H-pyrrole nitrogens is 1. The third-order valence-electron chi connectivity index (χ3n) is 4.62. The number of aromatic amines is 1. The first-order valence-corrected chi connectivity index (χ1v) is 9.57. The number of anilines is 1. The van der Waals surface area contributed by atoms with E-state index in [1.807, 2.05) is 6.07 Å². The number of aromatic nitrogens is 4. The SMILES string of the molecule is O=C(Nc1ccc(Cl)c(-c2nc3ncc(-c4ccnc(F)c4)cc3[nH]2)c1)c1ccco1. The fraction of sp³-hybridized carbons (Fsp3) is 0. The second kappa shape index (κ2) is 7.66. The number of amides is 1. The van der Waals surface area contributed by atoms with Crippen molar-refractivity contribution >= 4 is 34.4 Å². The minimum atomic E-state index is -0.567. The van der Waals surface area contributed by atoms with E-state index < -0.39 is 5.95 Å². The van der Waals surface area contributed by atoms with Crippen molar-refractivity contribution in [1.82, 2.24) is 19.9 Å². The van der Waals surface area contributed by atoms with Crippen molar-refractivity contribution < 1.29 is 13.6 Å². The highest BCUT2D eigenvalue weighted by Gasteiger charge is 2.14. The predicted octanol–water partition coefficient (Wildman–Crippen LogP) is 5.32. The summed E-state index contributed by atoms with van der Waals surface area (Å²) in [7, 11) is 0. The standard InChI is InChI=1S/C22H13ClFN5O2/c23-16-4-3-14(27-22(30)18-2-1-7-31-18)10-15(16)20-28-17-8-13(11-26-21(17)29-20)12-5-6-25-19(24)9-12/h1-11H,(H,27,30)(H,26,28,29). The summed E-state index contributed by atoms with van der Waals surface area (Å²) in [6.45, 7) is 0. The maximum Gasteiger partial charge on any atom is 0.291 e. The quantitative estimate of drug-likeness (QED) is 0.374. The zero-order chi connectivity index (χ0) is 21.4. The van der Waals surface area contributed by atoms with Crippen LogP contribution in [0.5, 0.6) is 0 Å². The summed E-state index contributed by atoms with van der Waals surface area (Å²) in [6, 6.07) is 13.1. The number of halogens is 2. The number of rotatable bonds is 4. The molecule has 1 aromatic carbocycles. The lowest BCUT2D eigenvalue weighted by atomic mass is 10.1. The van der Waals surface area contributed by atoms with Crippen LogP contribution in [0.4, 0.5) is 10.1 Å². The number of nitrogens with one attached hydrogen (secondary N) is 2. The van der Waals surface area contributed by atoms with E-state index in [1.165, 1.54) is 18.5 Å². The van der Waals surface area contributed by atoms with Crippen LogP contribution in [-0.2, 0) is 0 Å². The zero-order valence-electron chi connectivity index (χ0n) is 15.8. The molecule has 0 fully saturated rings. The average molecular weight is 434 g/mol. The van der Waals surface area contributed by atoms with E-state index in [9.17, 15) is 9.18 Å². The number of carbonyl (C=O) groups excluding carboxylic acids is 1. The van der Waals surface area contributed by atoms with Crippen LogP contribution < -0.4 is 5.32 Å². The van der Waals surface area contributed by atoms with Gasteiger partial charge in [-0.3, -0.25) is 4.79 Å². The molecule has 0 spiro atoms. The van der Waals surface area contributed by atoms with Crippen molar-refractivity contribution in [1.29, 1.82) is 0 Å². The summed E-state index contributed by atoms with van der Waals surface area (Å²) >= 11 is 6.38. The number of furan rings is 1. The van der Waals surface area contributed by atoms with Crippen molar-refractivity contribution in [3.63, 3.8) is 0 Å². The molecule has 0 radical (unpaired) electrons. The summed E-state index contributed by atoms with van der Waals surface area (Å²) in [5, 5.41) is 3.21. The van der Waals surface area contributed by atoms with Gasteiger partial charge in [-0.25, -0.2) is 15.0 Å². The van der Waals surface area contributed by atoms with Gasteiger partial charge in [-0.1, -0.05) is 11.6 Å². The van der Waals surface area contributed by atoms with E-state index in [2.05, 4.69) is 25.3 Å². The van der Waals surface area contributed by atoms with Crippen molar-refractivity contribution in [3.8, 4) is 22.5 Å². The maximum atomic E-state index is 13.5. The van der Waals surface area contributed by atoms with Crippen molar-refractivity contribution in [3.05, 3.63) is 83.9 Å². The molecule has 0 aliphatic heterocycles. The minimum Gasteiger partial charge on any atom is -0.459 e. The van der Waals surface area contributed by atoms with E-state index >= 15 is 0 Å². The molecule has 4 aromatic heterocycles. The highest BCUT2D eigenvalue weighted by atomic mass is 35.5. The Labute approximate surface area is 179 Å². The minimum absolute atomic E-state index is 0.199. The van der Waals surface area contributed by atoms with Crippen molar-refractivity contribution in [2.45, 2.75) is 0 Å². The molecule has 0 aliphatic rings. The highest BCUT2D eigenvalue weighted by molar-refractivity contribution is 6.33. The number of hydrogen-bond donors (Lipinski definition) is 2. The van der Waals surface area contributed by atoms with E-state index in [0.717, 1.165) is 5.56 Å². The third kappa shape index (κ3) is 3.76. The lowest BCUT2D eigenvalue weighted by Crippen LogP contribution is -2.10. The Morgan fingerprint density at radius 1 is 1.10 bits per heavy atom. The molecule has 0 atom stereocenters. The van der Waals surface area contributed by atoms with Crippen LogP contribution in [0.25, 0.3) is 33.7 Å². The monoisotopic (exact) mass is 433 g/mol. The third-order valence-corrected chi connectivity index (χ3v) is 4.95. The van der Waals surface area contributed by atoms with Crippen LogP contribution in [0.3, 0.4) is 0 Å². The molecular weight excluding hydrogens is 421 g/mol. The van der Waals surface area contributed by atoms with Gasteiger partial charge in [-0.05, 0) is 48.0 Å². The normalized spacial score (nSPS) is 11.0. The molecule has 0 aliphatic carbocycles. The number of hydrogen-bond acceptors (Lipinski definition) is 5. The molecule has 7 nitrogen and oxygen atoms in total. The highest BCUT2D eigenvalue weighted by Crippen LogP contribution is 2.31.